The summed E-state index contributed by atoms with van der Waals surface area (Å²) in [5.41, 5.74) is 2.03. The highest BCUT2D eigenvalue weighted by atomic mass is 19.4. The van der Waals surface area contributed by atoms with E-state index in [1.165, 1.54) is 11.6 Å². The van der Waals surface area contributed by atoms with E-state index in [-0.39, 0.29) is 17.3 Å². The number of pyridine rings is 1. The van der Waals surface area contributed by atoms with E-state index in [4.69, 9.17) is 19.8 Å². The average Bonchev–Trinajstić information content (AvgIpc) is 3.04. The Morgan fingerprint density at radius 1 is 0.878 bits per heavy atom. The van der Waals surface area contributed by atoms with Gasteiger partial charge in [-0.05, 0) is 61.6 Å². The number of carboxylic acids is 2. The zero-order valence-corrected chi connectivity index (χ0v) is 21.6. The molecule has 226 valence electrons. The summed E-state index contributed by atoms with van der Waals surface area (Å²) in [5, 5.41) is 14.2. The minimum absolute atomic E-state index is 0.0763. The van der Waals surface area contributed by atoms with Gasteiger partial charge in [0.25, 0.3) is 0 Å². The monoisotopic (exact) mass is 595 g/mol. The Labute approximate surface area is 230 Å². The predicted molar refractivity (Wildman–Crippen MR) is 130 cm³/mol. The van der Waals surface area contributed by atoms with Crippen molar-refractivity contribution in [2.24, 2.45) is 0 Å². The molecule has 2 N–H and O–H groups in total. The van der Waals surface area contributed by atoms with Crippen LogP contribution in [0.2, 0.25) is 0 Å². The van der Waals surface area contributed by atoms with Crippen molar-refractivity contribution in [2.75, 3.05) is 13.1 Å². The van der Waals surface area contributed by atoms with Crippen LogP contribution >= 0.6 is 0 Å². The quantitative estimate of drug-likeness (QED) is 0.477. The Balaban J connectivity index is 0.000000349. The maximum atomic E-state index is 13.6. The van der Waals surface area contributed by atoms with E-state index in [0.717, 1.165) is 50.9 Å². The Morgan fingerprint density at radius 3 is 2.02 bits per heavy atom. The van der Waals surface area contributed by atoms with E-state index in [9.17, 15) is 35.5 Å². The van der Waals surface area contributed by atoms with Crippen molar-refractivity contribution in [3.8, 4) is 0 Å². The number of aliphatic carboxylic acids is 2. The van der Waals surface area contributed by atoms with Crippen LogP contribution < -0.4 is 0 Å². The van der Waals surface area contributed by atoms with E-state index < -0.39 is 24.3 Å². The highest BCUT2D eigenvalue weighted by molar-refractivity contribution is 5.79. The fraction of sp³-hybridized carbons (Fsp3) is 0.462. The van der Waals surface area contributed by atoms with Crippen molar-refractivity contribution in [2.45, 2.75) is 63.1 Å². The summed E-state index contributed by atoms with van der Waals surface area (Å²) in [7, 11) is 0. The molecule has 1 spiro atoms. The molecule has 0 aliphatic carbocycles. The molecule has 8 nitrogen and oxygen atoms in total. The van der Waals surface area contributed by atoms with Crippen molar-refractivity contribution in [3.63, 3.8) is 0 Å². The third-order valence-corrected chi connectivity index (χ3v) is 6.53. The van der Waals surface area contributed by atoms with Gasteiger partial charge in [-0.1, -0.05) is 18.2 Å². The average molecular weight is 596 g/mol. The van der Waals surface area contributed by atoms with Crippen molar-refractivity contribution < 1.29 is 55.3 Å². The smallest absolute Gasteiger partial charge is 0.475 e. The molecule has 2 aliphatic heterocycles. The second-order valence-corrected chi connectivity index (χ2v) is 9.43. The fourth-order valence-corrected chi connectivity index (χ4v) is 4.61. The highest BCUT2D eigenvalue weighted by Crippen LogP contribution is 2.40. The molecule has 2 aromatic rings. The van der Waals surface area contributed by atoms with Gasteiger partial charge in [0.2, 0.25) is 5.91 Å². The lowest BCUT2D eigenvalue weighted by Gasteiger charge is -2.38. The minimum Gasteiger partial charge on any atom is -0.475 e. The number of aromatic nitrogens is 1. The first-order valence-electron chi connectivity index (χ1n) is 12.3. The van der Waals surface area contributed by atoms with Crippen LogP contribution in [0, 0.1) is 5.82 Å². The Morgan fingerprint density at radius 2 is 1.49 bits per heavy atom. The first-order valence-corrected chi connectivity index (χ1v) is 12.3. The number of hydrogen-bond acceptors (Lipinski definition) is 5. The van der Waals surface area contributed by atoms with E-state index in [1.807, 2.05) is 23.2 Å². The van der Waals surface area contributed by atoms with E-state index >= 15 is 0 Å². The standard InChI is InChI=1S/C22H26FN3O.2C2HF3O2/c23-20-6-1-4-18(14-20)17-26-21(27)7-9-22(26)8-3-12-25(13-10-22)16-19-5-2-11-24-15-19;2*3-2(4,5)1(6)7/h1-2,4-6,11,14-15H,3,7-10,12-13,16-17H2;2*(H,6,7). The number of nitrogens with zero attached hydrogens (tertiary/aromatic N) is 3. The van der Waals surface area contributed by atoms with Crippen LogP contribution in [-0.4, -0.2) is 73.8 Å². The van der Waals surface area contributed by atoms with Gasteiger partial charge >= 0.3 is 24.3 Å². The molecule has 2 aliphatic rings. The molecule has 2 fully saturated rings. The van der Waals surface area contributed by atoms with Gasteiger partial charge < -0.3 is 15.1 Å². The number of halogens is 7. The van der Waals surface area contributed by atoms with Gasteiger partial charge in [-0.15, -0.1) is 0 Å². The van der Waals surface area contributed by atoms with Crippen LogP contribution in [0.4, 0.5) is 30.7 Å². The van der Waals surface area contributed by atoms with Crippen LogP contribution in [0.15, 0.2) is 48.8 Å². The molecule has 0 bridgehead atoms. The van der Waals surface area contributed by atoms with Gasteiger partial charge in [0.15, 0.2) is 0 Å². The van der Waals surface area contributed by atoms with Gasteiger partial charge in [0.1, 0.15) is 5.82 Å². The normalized spacial score (nSPS) is 19.5. The number of carboxylic acid groups (broad SMARTS) is 2. The summed E-state index contributed by atoms with van der Waals surface area (Å²) in [6.45, 7) is 3.43. The lowest BCUT2D eigenvalue weighted by atomic mass is 9.87. The summed E-state index contributed by atoms with van der Waals surface area (Å²) >= 11 is 0. The van der Waals surface area contributed by atoms with Gasteiger partial charge in [-0.2, -0.15) is 26.3 Å². The van der Waals surface area contributed by atoms with E-state index in [0.29, 0.717) is 13.0 Å². The molecule has 4 rings (SSSR count). The van der Waals surface area contributed by atoms with Crippen LogP contribution in [0.5, 0.6) is 0 Å². The summed E-state index contributed by atoms with van der Waals surface area (Å²) in [4.78, 5) is 39.1. The number of hydrogen-bond donors (Lipinski definition) is 2. The van der Waals surface area contributed by atoms with Crippen molar-refractivity contribution in [3.05, 3.63) is 65.7 Å². The Kier molecular flexibility index (Phi) is 11.6. The lowest BCUT2D eigenvalue weighted by Crippen LogP contribution is -2.45. The van der Waals surface area contributed by atoms with Crippen molar-refractivity contribution in [1.29, 1.82) is 0 Å². The van der Waals surface area contributed by atoms with Gasteiger partial charge in [0, 0.05) is 44.0 Å². The molecule has 15 heteroatoms. The topological polar surface area (TPSA) is 111 Å². The number of likely N-dealkylation sites (tertiary alicyclic amines) is 2. The number of carbonyl (C=O) groups excluding carboxylic acids is 1. The molecule has 1 aromatic carbocycles. The summed E-state index contributed by atoms with van der Waals surface area (Å²) in [6, 6.07) is 10.7. The summed E-state index contributed by atoms with van der Waals surface area (Å²) in [6.07, 6.45) is -1.83. The zero-order chi connectivity index (χ0) is 30.8. The molecule has 3 heterocycles. The third-order valence-electron chi connectivity index (χ3n) is 6.53. The third kappa shape index (κ3) is 10.6. The summed E-state index contributed by atoms with van der Waals surface area (Å²) < 4.78 is 77.1. The molecule has 1 amide bonds. The van der Waals surface area contributed by atoms with Crippen LogP contribution in [0.1, 0.15) is 43.2 Å². The molecule has 0 radical (unpaired) electrons. The number of rotatable bonds is 4. The Bertz CT molecular complexity index is 1150. The maximum Gasteiger partial charge on any atom is 0.490 e. The minimum atomic E-state index is -5.08. The zero-order valence-electron chi connectivity index (χ0n) is 21.6. The number of alkyl halides is 6. The van der Waals surface area contributed by atoms with E-state index in [1.54, 1.807) is 18.3 Å². The number of carbonyl (C=O) groups is 3. The van der Waals surface area contributed by atoms with Crippen LogP contribution in [0.3, 0.4) is 0 Å². The van der Waals surface area contributed by atoms with Crippen LogP contribution in [-0.2, 0) is 27.5 Å². The highest BCUT2D eigenvalue weighted by Gasteiger charge is 2.45. The Hall–Kier alpha value is -3.75. The number of amides is 1. The molecule has 41 heavy (non-hydrogen) atoms. The summed E-state index contributed by atoms with van der Waals surface area (Å²) in [5.74, 6) is -5.54. The van der Waals surface area contributed by atoms with Gasteiger partial charge in [-0.3, -0.25) is 14.7 Å². The van der Waals surface area contributed by atoms with Gasteiger partial charge in [-0.25, -0.2) is 14.0 Å². The predicted octanol–water partition coefficient (Wildman–Crippen LogP) is 5.03. The second-order valence-electron chi connectivity index (χ2n) is 9.43. The molecular formula is C26H28F7N3O5. The second kappa shape index (κ2) is 14.2. The molecule has 0 saturated carbocycles. The lowest BCUT2D eigenvalue weighted by molar-refractivity contribution is -0.193. The molecule has 1 aromatic heterocycles. The van der Waals surface area contributed by atoms with Crippen molar-refractivity contribution >= 4 is 17.8 Å². The molecule has 2 saturated heterocycles. The maximum absolute atomic E-state index is 13.6. The van der Waals surface area contributed by atoms with Crippen LogP contribution in [0.25, 0.3) is 0 Å². The SMILES string of the molecule is O=C(O)C(F)(F)F.O=C(O)C(F)(F)F.O=C1CCC2(CCCN(Cc3cccnc3)CC2)N1Cc1cccc(F)c1. The molecule has 1 unspecified atom stereocenters. The molecular weight excluding hydrogens is 567 g/mol. The number of benzene rings is 1. The first-order chi connectivity index (χ1) is 19.0. The largest absolute Gasteiger partial charge is 0.490 e. The van der Waals surface area contributed by atoms with Gasteiger partial charge in [0.05, 0.1) is 0 Å². The first kappa shape index (κ1) is 33.5. The molecule has 1 atom stereocenters. The van der Waals surface area contributed by atoms with Crippen molar-refractivity contribution in [1.82, 2.24) is 14.8 Å². The van der Waals surface area contributed by atoms with E-state index in [2.05, 4.69) is 16.0 Å². The fourth-order valence-electron chi connectivity index (χ4n) is 4.61.